The van der Waals surface area contributed by atoms with E-state index in [1.165, 1.54) is 25.7 Å². The third kappa shape index (κ3) is 4.60. The van der Waals surface area contributed by atoms with Gasteiger partial charge in [0, 0.05) is 0 Å². The third-order valence-electron chi connectivity index (χ3n) is 1.77. The fraction of sp³-hybridized carbons (Fsp3) is 0.455. The van der Waals surface area contributed by atoms with Gasteiger partial charge in [-0.25, -0.2) is 0 Å². The van der Waals surface area contributed by atoms with Crippen LogP contribution in [0.4, 0.5) is 0 Å². The third-order valence-corrected chi connectivity index (χ3v) is 1.77. The van der Waals surface area contributed by atoms with E-state index >= 15 is 0 Å². The van der Waals surface area contributed by atoms with Gasteiger partial charge in [-0.05, 0) is 32.1 Å². The lowest BCUT2D eigenvalue weighted by Gasteiger charge is -1.85. The maximum atomic E-state index is 2.28. The van der Waals surface area contributed by atoms with Gasteiger partial charge in [-0.2, -0.15) is 0 Å². The van der Waals surface area contributed by atoms with Crippen LogP contribution in [0.15, 0.2) is 36.5 Å². The standard InChI is InChI=1S/C11H16/c1-2-4-6-8-10-11-9-7-5-3-1/h1-2,5,7-8,10H,3-4,6,9,11H2. The molecule has 1 aliphatic rings. The summed E-state index contributed by atoms with van der Waals surface area (Å²) in [5.41, 5.74) is 0. The molecule has 0 saturated carbocycles. The van der Waals surface area contributed by atoms with Gasteiger partial charge < -0.3 is 0 Å². The molecule has 0 amide bonds. The lowest BCUT2D eigenvalue weighted by atomic mass is 10.2. The Balaban J connectivity index is 2.34. The molecule has 0 aromatic carbocycles. The summed E-state index contributed by atoms with van der Waals surface area (Å²) < 4.78 is 0. The van der Waals surface area contributed by atoms with Crippen molar-refractivity contribution in [1.82, 2.24) is 0 Å². The first-order valence-electron chi connectivity index (χ1n) is 4.45. The van der Waals surface area contributed by atoms with Crippen LogP contribution in [0.3, 0.4) is 0 Å². The predicted molar refractivity (Wildman–Crippen MR) is 50.5 cm³/mol. The average molecular weight is 148 g/mol. The largest absolute Gasteiger partial charge is 0.0882 e. The summed E-state index contributed by atoms with van der Waals surface area (Å²) in [7, 11) is 0. The molecule has 0 fully saturated rings. The van der Waals surface area contributed by atoms with Crippen LogP contribution >= 0.6 is 0 Å². The molecule has 0 aliphatic heterocycles. The molecule has 11 heavy (non-hydrogen) atoms. The van der Waals surface area contributed by atoms with Crippen molar-refractivity contribution < 1.29 is 0 Å². The quantitative estimate of drug-likeness (QED) is 0.460. The molecule has 0 bridgehead atoms. The molecule has 0 heterocycles. The first-order chi connectivity index (χ1) is 5.50. The van der Waals surface area contributed by atoms with Crippen molar-refractivity contribution in [3.05, 3.63) is 36.5 Å². The summed E-state index contributed by atoms with van der Waals surface area (Å²) in [6.07, 6.45) is 19.5. The molecule has 0 saturated heterocycles. The number of hydrogen-bond donors (Lipinski definition) is 0. The second kappa shape index (κ2) is 5.96. The summed E-state index contributed by atoms with van der Waals surface area (Å²) in [5.74, 6) is 0. The summed E-state index contributed by atoms with van der Waals surface area (Å²) in [4.78, 5) is 0. The van der Waals surface area contributed by atoms with Gasteiger partial charge in [-0.1, -0.05) is 36.5 Å². The smallest absolute Gasteiger partial charge is 0.0169 e. The molecule has 0 unspecified atom stereocenters. The highest BCUT2D eigenvalue weighted by Crippen LogP contribution is 2.01. The average Bonchev–Trinajstić information content (AvgIpc) is 2.08. The summed E-state index contributed by atoms with van der Waals surface area (Å²) >= 11 is 0. The van der Waals surface area contributed by atoms with Crippen LogP contribution in [0.5, 0.6) is 0 Å². The van der Waals surface area contributed by atoms with Crippen molar-refractivity contribution in [3.8, 4) is 0 Å². The Hall–Kier alpha value is -0.780. The van der Waals surface area contributed by atoms with E-state index < -0.39 is 0 Å². The highest BCUT2D eigenvalue weighted by molar-refractivity contribution is 4.96. The summed E-state index contributed by atoms with van der Waals surface area (Å²) in [6, 6.07) is 0. The van der Waals surface area contributed by atoms with E-state index in [0.717, 1.165) is 6.42 Å². The Kier molecular flexibility index (Phi) is 4.51. The minimum absolute atomic E-state index is 1.11. The minimum atomic E-state index is 1.11. The molecule has 0 spiro atoms. The summed E-state index contributed by atoms with van der Waals surface area (Å²) in [5, 5.41) is 0. The Morgan fingerprint density at radius 3 is 1.27 bits per heavy atom. The molecule has 1 rings (SSSR count). The second-order valence-corrected chi connectivity index (χ2v) is 2.80. The lowest BCUT2D eigenvalue weighted by Crippen LogP contribution is -1.65. The van der Waals surface area contributed by atoms with Gasteiger partial charge in [0.05, 0.1) is 0 Å². The fourth-order valence-electron chi connectivity index (χ4n) is 1.13. The molecule has 0 N–H and O–H groups in total. The first-order valence-corrected chi connectivity index (χ1v) is 4.45. The van der Waals surface area contributed by atoms with E-state index in [1.54, 1.807) is 0 Å². The van der Waals surface area contributed by atoms with E-state index in [2.05, 4.69) is 36.5 Å². The highest BCUT2D eigenvalue weighted by Gasteiger charge is 1.80. The molecule has 0 atom stereocenters. The maximum Gasteiger partial charge on any atom is -0.0169 e. The Morgan fingerprint density at radius 2 is 0.818 bits per heavy atom. The van der Waals surface area contributed by atoms with Crippen molar-refractivity contribution in [3.63, 3.8) is 0 Å². The molecular weight excluding hydrogens is 132 g/mol. The number of allylic oxidation sites excluding steroid dienone is 6. The normalized spacial score (nSPS) is 19.6. The van der Waals surface area contributed by atoms with Crippen molar-refractivity contribution in [1.29, 1.82) is 0 Å². The van der Waals surface area contributed by atoms with Gasteiger partial charge in [0.1, 0.15) is 0 Å². The molecule has 0 aromatic heterocycles. The fourth-order valence-corrected chi connectivity index (χ4v) is 1.13. The molecule has 60 valence electrons. The first kappa shape index (κ1) is 8.32. The van der Waals surface area contributed by atoms with Gasteiger partial charge in [-0.3, -0.25) is 0 Å². The van der Waals surface area contributed by atoms with Crippen LogP contribution in [0.25, 0.3) is 0 Å². The zero-order valence-corrected chi connectivity index (χ0v) is 7.00. The van der Waals surface area contributed by atoms with Crippen molar-refractivity contribution in [2.45, 2.75) is 32.1 Å². The number of rotatable bonds is 0. The van der Waals surface area contributed by atoms with E-state index in [9.17, 15) is 0 Å². The zero-order chi connectivity index (χ0) is 7.78. The van der Waals surface area contributed by atoms with Crippen LogP contribution in [0, 0.1) is 0 Å². The Morgan fingerprint density at radius 1 is 0.455 bits per heavy atom. The maximum absolute atomic E-state index is 2.28. The molecule has 0 radical (unpaired) electrons. The van der Waals surface area contributed by atoms with E-state index in [4.69, 9.17) is 0 Å². The second-order valence-electron chi connectivity index (χ2n) is 2.80. The van der Waals surface area contributed by atoms with Crippen LogP contribution in [0.1, 0.15) is 32.1 Å². The van der Waals surface area contributed by atoms with Gasteiger partial charge in [0.15, 0.2) is 0 Å². The van der Waals surface area contributed by atoms with Crippen molar-refractivity contribution >= 4 is 0 Å². The minimum Gasteiger partial charge on any atom is -0.0882 e. The van der Waals surface area contributed by atoms with Crippen LogP contribution in [-0.4, -0.2) is 0 Å². The Labute approximate surface area is 69.3 Å². The van der Waals surface area contributed by atoms with Crippen LogP contribution in [-0.2, 0) is 0 Å². The SMILES string of the molecule is C1=CCCC=CCCC=CC1. The molecular formula is C11H16. The van der Waals surface area contributed by atoms with Gasteiger partial charge in [0.25, 0.3) is 0 Å². The van der Waals surface area contributed by atoms with Gasteiger partial charge in [0.2, 0.25) is 0 Å². The lowest BCUT2D eigenvalue weighted by molar-refractivity contribution is 1.01. The summed E-state index contributed by atoms with van der Waals surface area (Å²) in [6.45, 7) is 0. The predicted octanol–water partition coefficient (Wildman–Crippen LogP) is 3.62. The molecule has 0 aromatic rings. The van der Waals surface area contributed by atoms with Gasteiger partial charge >= 0.3 is 0 Å². The Bertz CT molecular complexity index is 143. The topological polar surface area (TPSA) is 0 Å². The molecule has 0 heteroatoms. The van der Waals surface area contributed by atoms with Crippen LogP contribution < -0.4 is 0 Å². The van der Waals surface area contributed by atoms with Gasteiger partial charge in [-0.15, -0.1) is 0 Å². The highest BCUT2D eigenvalue weighted by atomic mass is 13.9. The van der Waals surface area contributed by atoms with Crippen molar-refractivity contribution in [2.24, 2.45) is 0 Å². The molecule has 1 aliphatic carbocycles. The number of hydrogen-bond acceptors (Lipinski definition) is 0. The van der Waals surface area contributed by atoms with E-state index in [0.29, 0.717) is 0 Å². The zero-order valence-electron chi connectivity index (χ0n) is 7.00. The van der Waals surface area contributed by atoms with Crippen molar-refractivity contribution in [2.75, 3.05) is 0 Å². The monoisotopic (exact) mass is 148 g/mol. The molecule has 0 nitrogen and oxygen atoms in total. The van der Waals surface area contributed by atoms with E-state index in [1.807, 2.05) is 0 Å². The van der Waals surface area contributed by atoms with Crippen LogP contribution in [0.2, 0.25) is 0 Å². The van der Waals surface area contributed by atoms with E-state index in [-0.39, 0.29) is 0 Å².